The summed E-state index contributed by atoms with van der Waals surface area (Å²) >= 11 is 0. The first kappa shape index (κ1) is 15.6. The first-order valence-electron chi connectivity index (χ1n) is 7.29. The van der Waals surface area contributed by atoms with Crippen molar-refractivity contribution in [2.24, 2.45) is 0 Å². The Hall–Kier alpha value is -3.28. The van der Waals surface area contributed by atoms with Crippen LogP contribution in [0.25, 0.3) is 0 Å². The summed E-state index contributed by atoms with van der Waals surface area (Å²) in [6, 6.07) is 12.6. The van der Waals surface area contributed by atoms with Gasteiger partial charge in [0.05, 0.1) is 23.3 Å². The molecule has 0 radical (unpaired) electrons. The minimum atomic E-state index is -1.18. The lowest BCUT2D eigenvalue weighted by atomic mass is 9.87. The Morgan fingerprint density at radius 1 is 0.958 bits per heavy atom. The summed E-state index contributed by atoms with van der Waals surface area (Å²) < 4.78 is 5.26. The highest BCUT2D eigenvalue weighted by atomic mass is 16.4. The van der Waals surface area contributed by atoms with Crippen LogP contribution in [0, 0.1) is 0 Å². The number of carbonyl (C=O) groups is 2. The Morgan fingerprint density at radius 3 is 2.08 bits per heavy atom. The molecule has 1 aliphatic rings. The summed E-state index contributed by atoms with van der Waals surface area (Å²) in [5.74, 6) is -3.01. The summed E-state index contributed by atoms with van der Waals surface area (Å²) in [6.45, 7) is 0.374. The molecule has 2 N–H and O–H groups in total. The van der Waals surface area contributed by atoms with E-state index in [-0.39, 0.29) is 16.9 Å². The highest BCUT2D eigenvalue weighted by Gasteiger charge is 2.35. The van der Waals surface area contributed by atoms with Crippen LogP contribution in [-0.4, -0.2) is 27.1 Å². The van der Waals surface area contributed by atoms with Crippen LogP contribution < -0.4 is 0 Å². The second-order valence-corrected chi connectivity index (χ2v) is 5.39. The van der Waals surface area contributed by atoms with Gasteiger partial charge in [0.25, 0.3) is 0 Å². The highest BCUT2D eigenvalue weighted by molar-refractivity contribution is 5.96. The van der Waals surface area contributed by atoms with E-state index in [9.17, 15) is 19.8 Å². The average molecular weight is 325 g/mol. The molecule has 1 aromatic carbocycles. The third-order valence-corrected chi connectivity index (χ3v) is 3.76. The minimum Gasteiger partial charge on any atom is -0.478 e. The third-order valence-electron chi connectivity index (χ3n) is 3.76. The molecule has 0 aliphatic carbocycles. The number of hydrogen-bond acceptors (Lipinski definition) is 4. The highest BCUT2D eigenvalue weighted by Crippen LogP contribution is 2.36. The minimum absolute atomic E-state index is 0.0409. The summed E-state index contributed by atoms with van der Waals surface area (Å²) in [5.41, 5.74) is 0.859. The largest absolute Gasteiger partial charge is 0.478 e. The molecule has 6 heteroatoms. The van der Waals surface area contributed by atoms with Gasteiger partial charge in [-0.05, 0) is 17.7 Å². The fourth-order valence-corrected chi connectivity index (χ4v) is 2.72. The quantitative estimate of drug-likeness (QED) is 0.878. The lowest BCUT2D eigenvalue weighted by molar-refractivity contribution is -0.133. The van der Waals surface area contributed by atoms with E-state index in [0.717, 1.165) is 5.56 Å². The molecule has 1 aromatic heterocycles. The first-order chi connectivity index (χ1) is 11.6. The van der Waals surface area contributed by atoms with Crippen molar-refractivity contribution in [1.82, 2.24) is 4.90 Å². The number of carboxylic acids is 2. The van der Waals surface area contributed by atoms with Gasteiger partial charge in [0.1, 0.15) is 5.76 Å². The van der Waals surface area contributed by atoms with Gasteiger partial charge in [-0.15, -0.1) is 0 Å². The monoisotopic (exact) mass is 325 g/mol. The van der Waals surface area contributed by atoms with Gasteiger partial charge in [-0.3, -0.25) is 0 Å². The second kappa shape index (κ2) is 6.45. The number of benzene rings is 1. The summed E-state index contributed by atoms with van der Waals surface area (Å²) in [4.78, 5) is 24.9. The summed E-state index contributed by atoms with van der Waals surface area (Å²) in [5, 5.41) is 19.1. The van der Waals surface area contributed by atoms with E-state index in [2.05, 4.69) is 0 Å². The molecule has 0 saturated heterocycles. The second-order valence-electron chi connectivity index (χ2n) is 5.39. The van der Waals surface area contributed by atoms with Crippen molar-refractivity contribution >= 4 is 11.9 Å². The zero-order chi connectivity index (χ0) is 17.1. The number of rotatable bonds is 5. The predicted octanol–water partition coefficient (Wildman–Crippen LogP) is 2.82. The molecule has 0 spiro atoms. The molecule has 2 aromatic rings. The van der Waals surface area contributed by atoms with Crippen molar-refractivity contribution in [3.8, 4) is 0 Å². The number of nitrogens with zero attached hydrogens (tertiary/aromatic N) is 1. The van der Waals surface area contributed by atoms with E-state index < -0.39 is 17.9 Å². The third kappa shape index (κ3) is 3.08. The lowest BCUT2D eigenvalue weighted by Gasteiger charge is -2.27. The lowest BCUT2D eigenvalue weighted by Crippen LogP contribution is -2.27. The predicted molar refractivity (Wildman–Crippen MR) is 84.9 cm³/mol. The average Bonchev–Trinajstić information content (AvgIpc) is 3.09. The molecule has 0 atom stereocenters. The maximum absolute atomic E-state index is 11.7. The Morgan fingerprint density at radius 2 is 1.58 bits per heavy atom. The van der Waals surface area contributed by atoms with Crippen molar-refractivity contribution in [3.63, 3.8) is 0 Å². The van der Waals surface area contributed by atoms with E-state index >= 15 is 0 Å². The maximum atomic E-state index is 11.7. The molecular formula is C18H15NO5. The SMILES string of the molecule is O=C(O)C1=CN(Cc2ccccc2)C=C(C(=O)O)C1c1ccco1. The van der Waals surface area contributed by atoms with E-state index in [1.165, 1.54) is 18.7 Å². The molecule has 0 unspecified atom stereocenters. The van der Waals surface area contributed by atoms with Crippen molar-refractivity contribution in [2.75, 3.05) is 0 Å². The molecule has 0 saturated carbocycles. The summed E-state index contributed by atoms with van der Waals surface area (Å²) in [7, 11) is 0. The van der Waals surface area contributed by atoms with Crippen LogP contribution >= 0.6 is 0 Å². The molecule has 0 amide bonds. The van der Waals surface area contributed by atoms with Gasteiger partial charge >= 0.3 is 11.9 Å². The Bertz CT molecular complexity index is 773. The first-order valence-corrected chi connectivity index (χ1v) is 7.29. The van der Waals surface area contributed by atoms with E-state index in [1.54, 1.807) is 17.0 Å². The zero-order valence-electron chi connectivity index (χ0n) is 12.6. The van der Waals surface area contributed by atoms with Gasteiger partial charge in [-0.1, -0.05) is 30.3 Å². The number of aliphatic carboxylic acids is 2. The Labute approximate surface area is 137 Å². The number of hydrogen-bond donors (Lipinski definition) is 2. The standard InChI is InChI=1S/C18H15NO5/c20-17(21)13-10-19(9-12-5-2-1-3-6-12)11-14(18(22)23)16(13)15-7-4-8-24-15/h1-8,10-11,16H,9H2,(H,20,21)(H,22,23). The topological polar surface area (TPSA) is 91.0 Å². The van der Waals surface area contributed by atoms with Gasteiger partial charge < -0.3 is 19.5 Å². The maximum Gasteiger partial charge on any atom is 0.334 e. The summed E-state index contributed by atoms with van der Waals surface area (Å²) in [6.07, 6.45) is 4.30. The molecule has 3 rings (SSSR count). The molecule has 0 bridgehead atoms. The molecule has 122 valence electrons. The van der Waals surface area contributed by atoms with Gasteiger partial charge in [-0.2, -0.15) is 0 Å². The van der Waals surface area contributed by atoms with Crippen molar-refractivity contribution in [1.29, 1.82) is 0 Å². The normalized spacial score (nSPS) is 14.9. The van der Waals surface area contributed by atoms with E-state index in [4.69, 9.17) is 4.42 Å². The smallest absolute Gasteiger partial charge is 0.334 e. The molecule has 24 heavy (non-hydrogen) atoms. The van der Waals surface area contributed by atoms with Crippen LogP contribution in [0.2, 0.25) is 0 Å². The van der Waals surface area contributed by atoms with Gasteiger partial charge in [0.2, 0.25) is 0 Å². The van der Waals surface area contributed by atoms with Crippen LogP contribution in [-0.2, 0) is 16.1 Å². The van der Waals surface area contributed by atoms with Gasteiger partial charge in [0, 0.05) is 18.9 Å². The van der Waals surface area contributed by atoms with Crippen molar-refractivity contribution < 1.29 is 24.2 Å². The van der Waals surface area contributed by atoms with Crippen molar-refractivity contribution in [3.05, 3.63) is 83.6 Å². The Balaban J connectivity index is 2.01. The zero-order valence-corrected chi connectivity index (χ0v) is 12.6. The van der Waals surface area contributed by atoms with Gasteiger partial charge in [-0.25, -0.2) is 9.59 Å². The van der Waals surface area contributed by atoms with Crippen LogP contribution in [0.4, 0.5) is 0 Å². The molecule has 6 nitrogen and oxygen atoms in total. The molecule has 2 heterocycles. The fourth-order valence-electron chi connectivity index (χ4n) is 2.72. The molecule has 1 aliphatic heterocycles. The van der Waals surface area contributed by atoms with Gasteiger partial charge in [0.15, 0.2) is 0 Å². The van der Waals surface area contributed by atoms with E-state index in [0.29, 0.717) is 6.54 Å². The molecule has 0 fully saturated rings. The fraction of sp³-hybridized carbons (Fsp3) is 0.111. The Kier molecular flexibility index (Phi) is 4.20. The van der Waals surface area contributed by atoms with Crippen LogP contribution in [0.3, 0.4) is 0 Å². The van der Waals surface area contributed by atoms with Crippen LogP contribution in [0.5, 0.6) is 0 Å². The van der Waals surface area contributed by atoms with Crippen LogP contribution in [0.15, 0.2) is 76.7 Å². The molecular weight excluding hydrogens is 310 g/mol. The number of carboxylic acid groups (broad SMARTS) is 2. The van der Waals surface area contributed by atoms with E-state index in [1.807, 2.05) is 30.3 Å². The van der Waals surface area contributed by atoms with Crippen LogP contribution in [0.1, 0.15) is 17.2 Å². The van der Waals surface area contributed by atoms with Crippen molar-refractivity contribution in [2.45, 2.75) is 12.5 Å². The number of furan rings is 1.